The maximum atomic E-state index is 12.4. The largest absolute Gasteiger partial charge is 0.237 e. The molecule has 0 bridgehead atoms. The number of nitrogens with one attached hydrogen (secondary N) is 1. The van der Waals surface area contributed by atoms with Crippen molar-refractivity contribution in [3.8, 4) is 6.07 Å². The fraction of sp³-hybridized carbons (Fsp3) is 0.562. The Labute approximate surface area is 124 Å². The molecule has 2 atom stereocenters. The van der Waals surface area contributed by atoms with Gasteiger partial charge < -0.3 is 0 Å². The number of hydrogen-bond acceptors (Lipinski definition) is 2. The molecule has 0 amide bonds. The Balaban J connectivity index is 2.10. The van der Waals surface area contributed by atoms with Crippen LogP contribution in [-0.4, -0.2) is 9.75 Å². The molecule has 1 fully saturated rings. The zero-order valence-corrected chi connectivity index (χ0v) is 13.0. The van der Waals surface area contributed by atoms with E-state index in [-0.39, 0.29) is 5.92 Å². The van der Waals surface area contributed by atoms with Crippen molar-refractivity contribution in [2.45, 2.75) is 56.4 Å². The van der Waals surface area contributed by atoms with Crippen molar-refractivity contribution < 1.29 is 4.21 Å². The number of rotatable bonds is 4. The predicted octanol–water partition coefficient (Wildman–Crippen LogP) is 3.47. The average Bonchev–Trinajstić information content (AvgIpc) is 2.48. The van der Waals surface area contributed by atoms with E-state index in [0.717, 1.165) is 23.3 Å². The smallest absolute Gasteiger partial charge is 0.126 e. The summed E-state index contributed by atoms with van der Waals surface area (Å²) in [6.45, 7) is 3.89. The van der Waals surface area contributed by atoms with Crippen molar-refractivity contribution in [1.29, 1.82) is 5.26 Å². The molecule has 4 heteroatoms. The van der Waals surface area contributed by atoms with Crippen LogP contribution in [0.25, 0.3) is 0 Å². The summed E-state index contributed by atoms with van der Waals surface area (Å²) in [5.74, 6) is 0.288. The van der Waals surface area contributed by atoms with Crippen LogP contribution < -0.4 is 4.72 Å². The molecule has 1 aliphatic rings. The molecule has 108 valence electrons. The second kappa shape index (κ2) is 6.51. The molecule has 0 spiro atoms. The highest BCUT2D eigenvalue weighted by atomic mass is 32.2. The predicted molar refractivity (Wildman–Crippen MR) is 81.3 cm³/mol. The lowest BCUT2D eigenvalue weighted by Crippen LogP contribution is -2.49. The van der Waals surface area contributed by atoms with Crippen LogP contribution in [0.1, 0.15) is 44.6 Å². The SMILES string of the molecule is Cc1ccc([S@](=O)N[C@@](C)(C#N)C2CCCCC2)cc1. The van der Waals surface area contributed by atoms with E-state index in [1.807, 2.05) is 38.1 Å². The van der Waals surface area contributed by atoms with E-state index in [0.29, 0.717) is 0 Å². The van der Waals surface area contributed by atoms with Gasteiger partial charge in [0.2, 0.25) is 0 Å². The fourth-order valence-corrected chi connectivity index (χ4v) is 3.89. The van der Waals surface area contributed by atoms with Crippen LogP contribution in [0.5, 0.6) is 0 Å². The van der Waals surface area contributed by atoms with Gasteiger partial charge in [0.15, 0.2) is 0 Å². The van der Waals surface area contributed by atoms with Gasteiger partial charge in [0, 0.05) is 0 Å². The summed E-state index contributed by atoms with van der Waals surface area (Å²) >= 11 is 0. The summed E-state index contributed by atoms with van der Waals surface area (Å²) in [6, 6.07) is 9.96. The van der Waals surface area contributed by atoms with Gasteiger partial charge in [0.05, 0.1) is 11.0 Å². The van der Waals surface area contributed by atoms with E-state index >= 15 is 0 Å². The van der Waals surface area contributed by atoms with Gasteiger partial charge in [0.25, 0.3) is 0 Å². The molecule has 2 rings (SSSR count). The van der Waals surface area contributed by atoms with Crippen LogP contribution >= 0.6 is 0 Å². The minimum Gasteiger partial charge on any atom is -0.237 e. The van der Waals surface area contributed by atoms with Crippen molar-refractivity contribution in [3.63, 3.8) is 0 Å². The van der Waals surface area contributed by atoms with Crippen LogP contribution in [0.2, 0.25) is 0 Å². The van der Waals surface area contributed by atoms with Gasteiger partial charge in [-0.15, -0.1) is 0 Å². The molecule has 1 aromatic rings. The second-order valence-electron chi connectivity index (χ2n) is 5.83. The van der Waals surface area contributed by atoms with E-state index < -0.39 is 16.5 Å². The minimum absolute atomic E-state index is 0.288. The number of nitriles is 1. The molecule has 0 aliphatic heterocycles. The minimum atomic E-state index is -1.34. The first-order valence-electron chi connectivity index (χ1n) is 7.23. The van der Waals surface area contributed by atoms with Gasteiger partial charge in [-0.3, -0.25) is 0 Å². The lowest BCUT2D eigenvalue weighted by atomic mass is 9.77. The molecule has 1 N–H and O–H groups in total. The van der Waals surface area contributed by atoms with E-state index in [9.17, 15) is 9.47 Å². The summed E-state index contributed by atoms with van der Waals surface area (Å²) < 4.78 is 15.5. The first-order valence-corrected chi connectivity index (χ1v) is 8.37. The molecule has 0 saturated heterocycles. The van der Waals surface area contributed by atoms with Gasteiger partial charge in [-0.1, -0.05) is 37.0 Å². The van der Waals surface area contributed by atoms with Gasteiger partial charge in [-0.25, -0.2) is 8.93 Å². The first-order chi connectivity index (χ1) is 9.55. The summed E-state index contributed by atoms with van der Waals surface area (Å²) in [6.07, 6.45) is 5.67. The molecule has 3 nitrogen and oxygen atoms in total. The maximum absolute atomic E-state index is 12.4. The Morgan fingerprint density at radius 2 is 1.85 bits per heavy atom. The number of benzene rings is 1. The van der Waals surface area contributed by atoms with Crippen molar-refractivity contribution in [2.24, 2.45) is 5.92 Å². The highest BCUT2D eigenvalue weighted by Gasteiger charge is 2.36. The Hall–Kier alpha value is -1.18. The number of hydrogen-bond donors (Lipinski definition) is 1. The number of nitrogens with zero attached hydrogens (tertiary/aromatic N) is 1. The van der Waals surface area contributed by atoms with Crippen molar-refractivity contribution >= 4 is 11.0 Å². The Morgan fingerprint density at radius 1 is 1.25 bits per heavy atom. The van der Waals surface area contributed by atoms with Crippen LogP contribution in [0.4, 0.5) is 0 Å². The van der Waals surface area contributed by atoms with Crippen molar-refractivity contribution in [1.82, 2.24) is 4.72 Å². The Morgan fingerprint density at radius 3 is 2.40 bits per heavy atom. The van der Waals surface area contributed by atoms with E-state index in [1.54, 1.807) is 0 Å². The van der Waals surface area contributed by atoms with E-state index in [4.69, 9.17) is 0 Å². The highest BCUT2D eigenvalue weighted by molar-refractivity contribution is 7.83. The molecule has 0 heterocycles. The van der Waals surface area contributed by atoms with Crippen molar-refractivity contribution in [2.75, 3.05) is 0 Å². The third-order valence-electron chi connectivity index (χ3n) is 4.19. The first kappa shape index (κ1) is 15.2. The molecule has 1 aliphatic carbocycles. The molecule has 0 unspecified atom stereocenters. The van der Waals surface area contributed by atoms with Gasteiger partial charge in [-0.05, 0) is 44.7 Å². The Kier molecular flexibility index (Phi) is 4.95. The van der Waals surface area contributed by atoms with E-state index in [2.05, 4.69) is 10.8 Å². The standard InChI is InChI=1S/C16H22N2OS/c1-13-8-10-15(11-9-13)20(19)18-16(2,12-17)14-6-4-3-5-7-14/h8-11,14,18H,3-7H2,1-2H3/t16-,20-/m0/s1. The maximum Gasteiger partial charge on any atom is 0.126 e. The topological polar surface area (TPSA) is 52.9 Å². The summed E-state index contributed by atoms with van der Waals surface area (Å²) in [5, 5.41) is 9.53. The molecule has 1 aromatic carbocycles. The van der Waals surface area contributed by atoms with Gasteiger partial charge >= 0.3 is 0 Å². The van der Waals surface area contributed by atoms with Crippen LogP contribution in [0, 0.1) is 24.2 Å². The average molecular weight is 290 g/mol. The quantitative estimate of drug-likeness (QED) is 0.923. The highest BCUT2D eigenvalue weighted by Crippen LogP contribution is 2.32. The zero-order valence-electron chi connectivity index (χ0n) is 12.2. The molecular weight excluding hydrogens is 268 g/mol. The van der Waals surface area contributed by atoms with Gasteiger partial charge in [-0.2, -0.15) is 5.26 Å². The Bertz CT molecular complexity index is 514. The molecular formula is C16H22N2OS. The second-order valence-corrected chi connectivity index (χ2v) is 7.05. The van der Waals surface area contributed by atoms with Crippen LogP contribution in [0.15, 0.2) is 29.2 Å². The lowest BCUT2D eigenvalue weighted by Gasteiger charge is -2.34. The third kappa shape index (κ3) is 3.47. The monoisotopic (exact) mass is 290 g/mol. The van der Waals surface area contributed by atoms with Gasteiger partial charge in [0.1, 0.15) is 16.5 Å². The molecule has 20 heavy (non-hydrogen) atoms. The molecule has 0 radical (unpaired) electrons. The van der Waals surface area contributed by atoms with Crippen LogP contribution in [-0.2, 0) is 11.0 Å². The summed E-state index contributed by atoms with van der Waals surface area (Å²) in [4.78, 5) is 0.730. The van der Waals surface area contributed by atoms with Crippen molar-refractivity contribution in [3.05, 3.63) is 29.8 Å². The van der Waals surface area contributed by atoms with Crippen LogP contribution in [0.3, 0.4) is 0 Å². The third-order valence-corrected chi connectivity index (χ3v) is 5.50. The lowest BCUT2D eigenvalue weighted by molar-refractivity contribution is 0.255. The summed E-state index contributed by atoms with van der Waals surface area (Å²) in [5.41, 5.74) is 0.428. The fourth-order valence-electron chi connectivity index (χ4n) is 2.79. The summed E-state index contributed by atoms with van der Waals surface area (Å²) in [7, 11) is -1.34. The van der Waals surface area contributed by atoms with E-state index in [1.165, 1.54) is 19.3 Å². The zero-order chi connectivity index (χ0) is 14.6. The molecule has 0 aromatic heterocycles. The normalized spacial score (nSPS) is 20.9. The molecule has 1 saturated carbocycles. The number of aryl methyl sites for hydroxylation is 1.